The van der Waals surface area contributed by atoms with Gasteiger partial charge in [0.1, 0.15) is 0 Å². The Labute approximate surface area is 112 Å². The Morgan fingerprint density at radius 1 is 1.33 bits per heavy atom. The van der Waals surface area contributed by atoms with Gasteiger partial charge in [-0.1, -0.05) is 26.7 Å². The maximum absolute atomic E-state index is 5.52. The summed E-state index contributed by atoms with van der Waals surface area (Å²) >= 11 is 0. The molecule has 1 heterocycles. The highest BCUT2D eigenvalue weighted by molar-refractivity contribution is 4.91. The lowest BCUT2D eigenvalue weighted by atomic mass is 9.85. The minimum atomic E-state index is 0.515. The molecule has 1 unspecified atom stereocenters. The van der Waals surface area contributed by atoms with Gasteiger partial charge in [0.25, 0.3) is 0 Å². The van der Waals surface area contributed by atoms with E-state index in [1.165, 1.54) is 45.2 Å². The Balaban J connectivity index is 1.88. The fourth-order valence-electron chi connectivity index (χ4n) is 3.46. The van der Waals surface area contributed by atoms with Gasteiger partial charge < -0.3 is 15.0 Å². The van der Waals surface area contributed by atoms with Crippen molar-refractivity contribution in [2.45, 2.75) is 58.0 Å². The zero-order chi connectivity index (χ0) is 13.0. The molecule has 2 aliphatic rings. The van der Waals surface area contributed by atoms with Crippen molar-refractivity contribution in [2.75, 3.05) is 33.4 Å². The third kappa shape index (κ3) is 3.69. The van der Waals surface area contributed by atoms with Gasteiger partial charge in [-0.2, -0.15) is 0 Å². The second-order valence-corrected chi connectivity index (χ2v) is 6.68. The second kappa shape index (κ2) is 6.36. The molecule has 2 fully saturated rings. The Morgan fingerprint density at radius 3 is 2.61 bits per heavy atom. The number of ether oxygens (including phenoxy) is 1. The van der Waals surface area contributed by atoms with Crippen molar-refractivity contribution >= 4 is 0 Å². The summed E-state index contributed by atoms with van der Waals surface area (Å²) in [7, 11) is 2.29. The molecule has 0 amide bonds. The molecule has 18 heavy (non-hydrogen) atoms. The highest BCUT2D eigenvalue weighted by Crippen LogP contribution is 2.38. The molecule has 1 aliphatic heterocycles. The molecule has 0 radical (unpaired) electrons. The molecule has 3 nitrogen and oxygen atoms in total. The van der Waals surface area contributed by atoms with Crippen molar-refractivity contribution in [1.29, 1.82) is 0 Å². The van der Waals surface area contributed by atoms with Crippen LogP contribution < -0.4 is 5.32 Å². The van der Waals surface area contributed by atoms with Gasteiger partial charge in [0, 0.05) is 31.8 Å². The summed E-state index contributed by atoms with van der Waals surface area (Å²) in [6, 6.07) is 1.25. The maximum Gasteiger partial charge on any atom is 0.0622 e. The molecule has 1 N–H and O–H groups in total. The monoisotopic (exact) mass is 254 g/mol. The highest BCUT2D eigenvalue weighted by atomic mass is 16.5. The van der Waals surface area contributed by atoms with E-state index in [4.69, 9.17) is 4.74 Å². The van der Waals surface area contributed by atoms with Gasteiger partial charge in [-0.25, -0.2) is 0 Å². The van der Waals surface area contributed by atoms with Crippen LogP contribution in [0.25, 0.3) is 0 Å². The molecule has 1 saturated heterocycles. The third-order valence-corrected chi connectivity index (χ3v) is 4.66. The smallest absolute Gasteiger partial charge is 0.0622 e. The van der Waals surface area contributed by atoms with Crippen LogP contribution in [0.3, 0.4) is 0 Å². The summed E-state index contributed by atoms with van der Waals surface area (Å²) in [5, 5.41) is 3.67. The van der Waals surface area contributed by atoms with Crippen LogP contribution in [0.1, 0.15) is 46.0 Å². The van der Waals surface area contributed by atoms with Gasteiger partial charge in [-0.15, -0.1) is 0 Å². The summed E-state index contributed by atoms with van der Waals surface area (Å²) in [6.07, 6.45) is 6.82. The van der Waals surface area contributed by atoms with Crippen molar-refractivity contribution in [1.82, 2.24) is 10.2 Å². The van der Waals surface area contributed by atoms with Crippen molar-refractivity contribution in [3.8, 4) is 0 Å². The van der Waals surface area contributed by atoms with Gasteiger partial charge in [-0.3, -0.25) is 0 Å². The number of nitrogens with one attached hydrogen (secondary N) is 1. The van der Waals surface area contributed by atoms with E-state index in [0.29, 0.717) is 17.5 Å². The van der Waals surface area contributed by atoms with Gasteiger partial charge in [0.15, 0.2) is 0 Å². The molecular formula is C15H30N2O. The predicted octanol–water partition coefficient (Wildman–Crippen LogP) is 2.27. The Bertz CT molecular complexity index is 243. The molecule has 3 heteroatoms. The normalized spacial score (nSPS) is 27.5. The highest BCUT2D eigenvalue weighted by Gasteiger charge is 2.36. The molecule has 0 bridgehead atoms. The Hall–Kier alpha value is -0.120. The van der Waals surface area contributed by atoms with Crippen LogP contribution in [-0.4, -0.2) is 50.3 Å². The average Bonchev–Trinajstić information content (AvgIpc) is 2.98. The lowest BCUT2D eigenvalue weighted by Gasteiger charge is -2.36. The number of hydrogen-bond donors (Lipinski definition) is 1. The van der Waals surface area contributed by atoms with Crippen LogP contribution in [0, 0.1) is 5.41 Å². The van der Waals surface area contributed by atoms with Gasteiger partial charge >= 0.3 is 0 Å². The van der Waals surface area contributed by atoms with Gasteiger partial charge in [0.05, 0.1) is 6.61 Å². The van der Waals surface area contributed by atoms with Crippen molar-refractivity contribution in [2.24, 2.45) is 5.41 Å². The summed E-state index contributed by atoms with van der Waals surface area (Å²) in [5.74, 6) is 0. The summed E-state index contributed by atoms with van der Waals surface area (Å²) in [6.45, 7) is 8.80. The number of rotatable bonds is 6. The minimum Gasteiger partial charge on any atom is -0.380 e. The van der Waals surface area contributed by atoms with E-state index in [1.807, 2.05) is 0 Å². The van der Waals surface area contributed by atoms with Gasteiger partial charge in [0.2, 0.25) is 0 Å². The van der Waals surface area contributed by atoms with E-state index in [2.05, 4.69) is 31.1 Å². The van der Waals surface area contributed by atoms with Crippen LogP contribution in [0.4, 0.5) is 0 Å². The first-order chi connectivity index (χ1) is 8.61. The fraction of sp³-hybridized carbons (Fsp3) is 1.00. The first kappa shape index (κ1) is 14.3. The van der Waals surface area contributed by atoms with Crippen molar-refractivity contribution in [3.63, 3.8) is 0 Å². The molecule has 0 spiro atoms. The third-order valence-electron chi connectivity index (χ3n) is 4.66. The molecule has 1 saturated carbocycles. The molecule has 106 valence electrons. The summed E-state index contributed by atoms with van der Waals surface area (Å²) < 4.78 is 5.52. The van der Waals surface area contributed by atoms with Crippen LogP contribution in [0.2, 0.25) is 0 Å². The molecule has 0 aromatic rings. The molecule has 1 atom stereocenters. The average molecular weight is 254 g/mol. The lowest BCUT2D eigenvalue weighted by Crippen LogP contribution is -2.46. The standard InChI is InChI=1S/C15H30N2O/c1-13(2)16-11-15(7-4-5-8-15)12-17(3)14-6-9-18-10-14/h13-14,16H,4-12H2,1-3H3. The van der Waals surface area contributed by atoms with Crippen molar-refractivity contribution in [3.05, 3.63) is 0 Å². The van der Waals surface area contributed by atoms with Crippen LogP contribution in [0.15, 0.2) is 0 Å². The molecular weight excluding hydrogens is 224 g/mol. The lowest BCUT2D eigenvalue weighted by molar-refractivity contribution is 0.114. The minimum absolute atomic E-state index is 0.515. The van der Waals surface area contributed by atoms with Crippen LogP contribution in [0.5, 0.6) is 0 Å². The van der Waals surface area contributed by atoms with Crippen molar-refractivity contribution < 1.29 is 4.74 Å². The fourth-order valence-corrected chi connectivity index (χ4v) is 3.46. The molecule has 1 aliphatic carbocycles. The van der Waals surface area contributed by atoms with E-state index >= 15 is 0 Å². The number of likely N-dealkylation sites (N-methyl/N-ethyl adjacent to an activating group) is 1. The zero-order valence-corrected chi connectivity index (χ0v) is 12.4. The van der Waals surface area contributed by atoms with E-state index in [9.17, 15) is 0 Å². The Kier molecular flexibility index (Phi) is 5.05. The van der Waals surface area contributed by atoms with Crippen LogP contribution >= 0.6 is 0 Å². The van der Waals surface area contributed by atoms with E-state index in [0.717, 1.165) is 13.2 Å². The zero-order valence-electron chi connectivity index (χ0n) is 12.4. The number of nitrogens with zero attached hydrogens (tertiary/aromatic N) is 1. The topological polar surface area (TPSA) is 24.5 Å². The quantitative estimate of drug-likeness (QED) is 0.787. The summed E-state index contributed by atoms with van der Waals surface area (Å²) in [5.41, 5.74) is 0.515. The molecule has 0 aromatic heterocycles. The Morgan fingerprint density at radius 2 is 2.06 bits per heavy atom. The summed E-state index contributed by atoms with van der Waals surface area (Å²) in [4.78, 5) is 2.56. The SMILES string of the molecule is CC(C)NCC1(CN(C)C2CCOC2)CCCC1. The first-order valence-electron chi connectivity index (χ1n) is 7.63. The first-order valence-corrected chi connectivity index (χ1v) is 7.63. The second-order valence-electron chi connectivity index (χ2n) is 6.68. The maximum atomic E-state index is 5.52. The van der Waals surface area contributed by atoms with E-state index < -0.39 is 0 Å². The van der Waals surface area contributed by atoms with E-state index in [-0.39, 0.29) is 0 Å². The van der Waals surface area contributed by atoms with E-state index in [1.54, 1.807) is 0 Å². The largest absolute Gasteiger partial charge is 0.380 e. The van der Waals surface area contributed by atoms with Crippen LogP contribution in [-0.2, 0) is 4.74 Å². The van der Waals surface area contributed by atoms with Gasteiger partial charge in [-0.05, 0) is 31.7 Å². The molecule has 0 aromatic carbocycles. The number of hydrogen-bond acceptors (Lipinski definition) is 3. The predicted molar refractivity (Wildman–Crippen MR) is 75.9 cm³/mol. The molecule has 2 rings (SSSR count).